The molecule has 0 fully saturated rings. The van der Waals surface area contributed by atoms with E-state index in [0.29, 0.717) is 18.0 Å². The Balaban J connectivity index is 2.15. The third-order valence-electron chi connectivity index (χ3n) is 3.17. The van der Waals surface area contributed by atoms with Crippen molar-refractivity contribution in [3.05, 3.63) is 63.2 Å². The molecule has 0 heterocycles. The van der Waals surface area contributed by atoms with Crippen LogP contribution in [0.15, 0.2) is 36.4 Å². The summed E-state index contributed by atoms with van der Waals surface area (Å²) in [5.41, 5.74) is 9.51. The summed E-state index contributed by atoms with van der Waals surface area (Å²) in [5.74, 6) is 0.331. The fourth-order valence-corrected chi connectivity index (χ4v) is 1.82. The molecule has 20 heavy (non-hydrogen) atoms. The van der Waals surface area contributed by atoms with Crippen LogP contribution in [-0.2, 0) is 6.61 Å². The molecule has 0 atom stereocenters. The van der Waals surface area contributed by atoms with Crippen molar-refractivity contribution >= 4 is 11.4 Å². The van der Waals surface area contributed by atoms with E-state index in [4.69, 9.17) is 10.5 Å². The smallest absolute Gasteiger partial charge is 0.273 e. The van der Waals surface area contributed by atoms with Crippen LogP contribution >= 0.6 is 0 Å². The number of nitrogens with two attached hydrogens (primary N) is 1. The van der Waals surface area contributed by atoms with Crippen molar-refractivity contribution in [3.63, 3.8) is 0 Å². The van der Waals surface area contributed by atoms with Crippen LogP contribution in [0.2, 0.25) is 0 Å². The van der Waals surface area contributed by atoms with Crippen molar-refractivity contribution < 1.29 is 9.66 Å². The second-order valence-corrected chi connectivity index (χ2v) is 4.69. The van der Waals surface area contributed by atoms with Crippen LogP contribution in [0.25, 0.3) is 0 Å². The lowest BCUT2D eigenvalue weighted by molar-refractivity contribution is -0.384. The first-order valence-corrected chi connectivity index (χ1v) is 6.20. The Morgan fingerprint density at radius 3 is 2.55 bits per heavy atom. The fourth-order valence-electron chi connectivity index (χ4n) is 1.82. The van der Waals surface area contributed by atoms with Gasteiger partial charge in [-0.05, 0) is 36.6 Å². The average Bonchev–Trinajstić information content (AvgIpc) is 2.41. The van der Waals surface area contributed by atoms with E-state index in [1.54, 1.807) is 0 Å². The van der Waals surface area contributed by atoms with E-state index in [0.717, 1.165) is 5.56 Å². The standard InChI is InChI=1S/C15H16N2O3/c1-10-3-4-12(7-11(10)2)9-20-15-8-13(17(18)19)5-6-14(15)16/h3-8H,9,16H2,1-2H3. The third kappa shape index (κ3) is 3.06. The van der Waals surface area contributed by atoms with Crippen molar-refractivity contribution in [3.8, 4) is 5.75 Å². The highest BCUT2D eigenvalue weighted by molar-refractivity contribution is 5.57. The number of hydrogen-bond donors (Lipinski definition) is 1. The molecule has 0 saturated carbocycles. The number of nitrogen functional groups attached to an aromatic ring is 1. The minimum absolute atomic E-state index is 0.0331. The van der Waals surface area contributed by atoms with Gasteiger partial charge in [0.2, 0.25) is 0 Å². The lowest BCUT2D eigenvalue weighted by atomic mass is 10.1. The molecule has 2 N–H and O–H groups in total. The normalized spacial score (nSPS) is 10.3. The quantitative estimate of drug-likeness (QED) is 0.525. The van der Waals surface area contributed by atoms with E-state index >= 15 is 0 Å². The van der Waals surface area contributed by atoms with Crippen LogP contribution < -0.4 is 10.5 Å². The molecule has 0 radical (unpaired) electrons. The lowest BCUT2D eigenvalue weighted by Crippen LogP contribution is -2.00. The predicted octanol–water partition coefficient (Wildman–Crippen LogP) is 3.37. The lowest BCUT2D eigenvalue weighted by Gasteiger charge is -2.10. The second kappa shape index (κ2) is 5.61. The maximum Gasteiger partial charge on any atom is 0.273 e. The van der Waals surface area contributed by atoms with E-state index in [-0.39, 0.29) is 5.69 Å². The van der Waals surface area contributed by atoms with Gasteiger partial charge in [-0.15, -0.1) is 0 Å². The summed E-state index contributed by atoms with van der Waals surface area (Å²) in [4.78, 5) is 10.3. The Hall–Kier alpha value is -2.56. The van der Waals surface area contributed by atoms with Crippen molar-refractivity contribution in [2.75, 3.05) is 5.73 Å². The van der Waals surface area contributed by atoms with Gasteiger partial charge in [-0.1, -0.05) is 18.2 Å². The number of ether oxygens (including phenoxy) is 1. The molecular formula is C15H16N2O3. The van der Waals surface area contributed by atoms with Gasteiger partial charge in [0.1, 0.15) is 12.4 Å². The summed E-state index contributed by atoms with van der Waals surface area (Å²) >= 11 is 0. The molecule has 0 unspecified atom stereocenters. The summed E-state index contributed by atoms with van der Waals surface area (Å²) in [7, 11) is 0. The molecule has 0 aliphatic rings. The first-order chi connectivity index (χ1) is 9.47. The minimum Gasteiger partial charge on any atom is -0.486 e. The highest BCUT2D eigenvalue weighted by Crippen LogP contribution is 2.27. The molecular weight excluding hydrogens is 256 g/mol. The molecule has 2 rings (SSSR count). The van der Waals surface area contributed by atoms with Crippen molar-refractivity contribution in [2.24, 2.45) is 0 Å². The topological polar surface area (TPSA) is 78.4 Å². The van der Waals surface area contributed by atoms with Gasteiger partial charge in [0.05, 0.1) is 16.7 Å². The Kier molecular flexibility index (Phi) is 3.89. The highest BCUT2D eigenvalue weighted by atomic mass is 16.6. The van der Waals surface area contributed by atoms with Crippen LogP contribution in [0.5, 0.6) is 5.75 Å². The number of nitro groups is 1. The van der Waals surface area contributed by atoms with Crippen LogP contribution in [0, 0.1) is 24.0 Å². The zero-order valence-corrected chi connectivity index (χ0v) is 11.4. The largest absolute Gasteiger partial charge is 0.486 e. The SMILES string of the molecule is Cc1ccc(COc2cc([N+](=O)[O-])ccc2N)cc1C. The molecule has 0 aliphatic heterocycles. The predicted molar refractivity (Wildman–Crippen MR) is 77.8 cm³/mol. The van der Waals surface area contributed by atoms with Crippen LogP contribution in [-0.4, -0.2) is 4.92 Å². The molecule has 2 aromatic rings. The number of hydrogen-bond acceptors (Lipinski definition) is 4. The Morgan fingerprint density at radius 2 is 1.90 bits per heavy atom. The summed E-state index contributed by atoms with van der Waals surface area (Å²) < 4.78 is 5.58. The number of aryl methyl sites for hydroxylation is 2. The maximum absolute atomic E-state index is 10.7. The van der Waals surface area contributed by atoms with Crippen LogP contribution in [0.3, 0.4) is 0 Å². The van der Waals surface area contributed by atoms with Gasteiger partial charge in [0.25, 0.3) is 5.69 Å². The van der Waals surface area contributed by atoms with Gasteiger partial charge < -0.3 is 10.5 Å². The van der Waals surface area contributed by atoms with Gasteiger partial charge >= 0.3 is 0 Å². The number of anilines is 1. The highest BCUT2D eigenvalue weighted by Gasteiger charge is 2.10. The Labute approximate surface area is 117 Å². The summed E-state index contributed by atoms with van der Waals surface area (Å²) in [6, 6.07) is 10.2. The van der Waals surface area contributed by atoms with E-state index in [9.17, 15) is 10.1 Å². The van der Waals surface area contributed by atoms with Gasteiger partial charge in [0, 0.05) is 6.07 Å². The average molecular weight is 272 g/mol. The second-order valence-electron chi connectivity index (χ2n) is 4.69. The molecule has 0 amide bonds. The maximum atomic E-state index is 10.7. The number of nitrogens with zero attached hydrogens (tertiary/aromatic N) is 1. The molecule has 0 saturated heterocycles. The first-order valence-electron chi connectivity index (χ1n) is 6.20. The summed E-state index contributed by atoms with van der Waals surface area (Å²) in [6.45, 7) is 4.39. The van der Waals surface area contributed by atoms with E-state index in [2.05, 4.69) is 0 Å². The first kappa shape index (κ1) is 13.9. The van der Waals surface area contributed by atoms with E-state index < -0.39 is 4.92 Å². The monoisotopic (exact) mass is 272 g/mol. The molecule has 0 bridgehead atoms. The van der Waals surface area contributed by atoms with Crippen LogP contribution in [0.1, 0.15) is 16.7 Å². The summed E-state index contributed by atoms with van der Waals surface area (Å²) in [5, 5.41) is 10.7. The molecule has 2 aromatic carbocycles. The third-order valence-corrected chi connectivity index (χ3v) is 3.17. The number of rotatable bonds is 4. The van der Waals surface area contributed by atoms with Crippen LogP contribution in [0.4, 0.5) is 11.4 Å². The molecule has 0 spiro atoms. The molecule has 5 heteroatoms. The molecule has 104 valence electrons. The molecule has 5 nitrogen and oxygen atoms in total. The summed E-state index contributed by atoms with van der Waals surface area (Å²) in [6.07, 6.45) is 0. The molecule has 0 aliphatic carbocycles. The van der Waals surface area contributed by atoms with Gasteiger partial charge in [-0.2, -0.15) is 0 Å². The van der Waals surface area contributed by atoms with E-state index in [1.165, 1.54) is 29.3 Å². The Bertz CT molecular complexity index is 654. The number of nitro benzene ring substituents is 1. The van der Waals surface area contributed by atoms with Gasteiger partial charge in [-0.3, -0.25) is 10.1 Å². The van der Waals surface area contributed by atoms with Crippen molar-refractivity contribution in [1.29, 1.82) is 0 Å². The Morgan fingerprint density at radius 1 is 1.15 bits per heavy atom. The van der Waals surface area contributed by atoms with Crippen molar-refractivity contribution in [2.45, 2.75) is 20.5 Å². The number of benzene rings is 2. The molecule has 0 aromatic heterocycles. The van der Waals surface area contributed by atoms with Gasteiger partial charge in [-0.25, -0.2) is 0 Å². The zero-order valence-electron chi connectivity index (χ0n) is 11.4. The van der Waals surface area contributed by atoms with Crippen molar-refractivity contribution in [1.82, 2.24) is 0 Å². The fraction of sp³-hybridized carbons (Fsp3) is 0.200. The number of non-ortho nitro benzene ring substituents is 1. The van der Waals surface area contributed by atoms with Gasteiger partial charge in [0.15, 0.2) is 0 Å². The zero-order chi connectivity index (χ0) is 14.7. The van der Waals surface area contributed by atoms with E-state index in [1.807, 2.05) is 32.0 Å². The minimum atomic E-state index is -0.470.